The average molecular weight is 396 g/mol. The van der Waals surface area contributed by atoms with Gasteiger partial charge in [-0.1, -0.05) is 0 Å². The van der Waals surface area contributed by atoms with E-state index < -0.39 is 5.60 Å². The van der Waals surface area contributed by atoms with Crippen LogP contribution < -0.4 is 8.92 Å². The second-order valence-electron chi connectivity index (χ2n) is 4.89. The molecule has 0 saturated heterocycles. The van der Waals surface area contributed by atoms with Crippen molar-refractivity contribution in [3.8, 4) is 0 Å². The quantitative estimate of drug-likeness (QED) is 0.763. The molecule has 0 amide bonds. The van der Waals surface area contributed by atoms with Crippen LogP contribution in [0.1, 0.15) is 13.8 Å². The molecule has 0 aliphatic carbocycles. The molecule has 20 heavy (non-hydrogen) atoms. The Morgan fingerprint density at radius 1 is 0.900 bits per heavy atom. The van der Waals surface area contributed by atoms with Crippen LogP contribution in [0, 0.1) is 0 Å². The van der Waals surface area contributed by atoms with E-state index in [0.29, 0.717) is 0 Å². The third kappa shape index (κ3) is 4.94. The third-order valence-electron chi connectivity index (χ3n) is 2.62. The van der Waals surface area contributed by atoms with Gasteiger partial charge in [-0.2, -0.15) is 0 Å². The van der Waals surface area contributed by atoms with Gasteiger partial charge in [-0.05, 0) is 0 Å². The van der Waals surface area contributed by atoms with Gasteiger partial charge in [-0.25, -0.2) is 0 Å². The Morgan fingerprint density at radius 3 is 1.90 bits per heavy atom. The zero-order valence-corrected chi connectivity index (χ0v) is 15.0. The molecule has 0 aromatic heterocycles. The Balaban J connectivity index is 2.16. The van der Waals surface area contributed by atoms with Gasteiger partial charge in [0.1, 0.15) is 0 Å². The number of aliphatic hydroxyl groups is 1. The molecule has 0 unspecified atom stereocenters. The minimum atomic E-state index is -0.744. The standard InChI is InChI=1S/C17H18OSe2/c1-17(2,18)16(20-15-11-7-4-8-12-15)13-19-14-9-5-3-6-10-14/h3-13,18H,1-2H3/b16-13-. The van der Waals surface area contributed by atoms with E-state index in [-0.39, 0.29) is 29.9 Å². The summed E-state index contributed by atoms with van der Waals surface area (Å²) in [7, 11) is 0. The van der Waals surface area contributed by atoms with E-state index in [1.54, 1.807) is 0 Å². The molecule has 0 spiro atoms. The summed E-state index contributed by atoms with van der Waals surface area (Å²) in [5.41, 5.74) is -0.744. The summed E-state index contributed by atoms with van der Waals surface area (Å²) < 4.78 is 3.79. The Kier molecular flexibility index (Phi) is 5.65. The zero-order chi connectivity index (χ0) is 14.4. The van der Waals surface area contributed by atoms with Crippen LogP contribution in [0.3, 0.4) is 0 Å². The molecule has 0 aliphatic heterocycles. The van der Waals surface area contributed by atoms with Crippen LogP contribution in [0.25, 0.3) is 0 Å². The fourth-order valence-corrected chi connectivity index (χ4v) is 6.13. The zero-order valence-electron chi connectivity index (χ0n) is 11.6. The molecule has 0 atom stereocenters. The van der Waals surface area contributed by atoms with Crippen molar-refractivity contribution < 1.29 is 5.11 Å². The number of benzene rings is 2. The van der Waals surface area contributed by atoms with E-state index in [9.17, 15) is 5.11 Å². The Bertz CT molecular complexity index is 557. The second kappa shape index (κ2) is 7.26. The van der Waals surface area contributed by atoms with E-state index in [1.165, 1.54) is 8.92 Å². The van der Waals surface area contributed by atoms with Crippen LogP contribution in [0.4, 0.5) is 0 Å². The van der Waals surface area contributed by atoms with Crippen molar-refractivity contribution in [2.45, 2.75) is 19.4 Å². The first-order valence-corrected chi connectivity index (χ1v) is 9.99. The van der Waals surface area contributed by atoms with Crippen LogP contribution in [0.2, 0.25) is 0 Å². The minimum absolute atomic E-state index is 0.177. The van der Waals surface area contributed by atoms with Crippen molar-refractivity contribution in [2.24, 2.45) is 0 Å². The SMILES string of the molecule is CC(C)(O)/C(=C/[Se]c1ccccc1)[Se]c1ccccc1. The van der Waals surface area contributed by atoms with E-state index >= 15 is 0 Å². The summed E-state index contributed by atoms with van der Waals surface area (Å²) >= 11 is 0.448. The van der Waals surface area contributed by atoms with Gasteiger partial charge in [0.25, 0.3) is 0 Å². The van der Waals surface area contributed by atoms with Crippen LogP contribution in [-0.4, -0.2) is 40.6 Å². The fraction of sp³-hybridized carbons (Fsp3) is 0.176. The van der Waals surface area contributed by atoms with Gasteiger partial charge < -0.3 is 0 Å². The maximum absolute atomic E-state index is 10.4. The predicted molar refractivity (Wildman–Crippen MR) is 88.0 cm³/mol. The Labute approximate surface area is 133 Å². The fourth-order valence-electron chi connectivity index (χ4n) is 1.53. The van der Waals surface area contributed by atoms with Gasteiger partial charge in [-0.15, -0.1) is 0 Å². The number of hydrogen-bond donors (Lipinski definition) is 1. The molecule has 0 aliphatic rings. The van der Waals surface area contributed by atoms with E-state index in [1.807, 2.05) is 26.0 Å². The molecular weight excluding hydrogens is 378 g/mol. The van der Waals surface area contributed by atoms with Gasteiger partial charge in [0, 0.05) is 0 Å². The maximum atomic E-state index is 10.4. The van der Waals surface area contributed by atoms with Gasteiger partial charge in [-0.3, -0.25) is 0 Å². The first-order valence-electron chi connectivity index (χ1n) is 6.43. The molecule has 104 valence electrons. The molecule has 1 N–H and O–H groups in total. The van der Waals surface area contributed by atoms with E-state index in [0.717, 1.165) is 4.47 Å². The molecule has 0 fully saturated rings. The average Bonchev–Trinajstić information content (AvgIpc) is 2.44. The molecule has 0 radical (unpaired) electrons. The van der Waals surface area contributed by atoms with Crippen molar-refractivity contribution in [2.75, 3.05) is 0 Å². The molecule has 0 saturated carbocycles. The Hall–Kier alpha value is -0.821. The Morgan fingerprint density at radius 2 is 1.40 bits per heavy atom. The summed E-state index contributed by atoms with van der Waals surface area (Å²) in [5, 5.41) is 10.4. The van der Waals surface area contributed by atoms with Crippen molar-refractivity contribution >= 4 is 38.8 Å². The summed E-state index contributed by atoms with van der Waals surface area (Å²) in [4.78, 5) is 2.25. The van der Waals surface area contributed by atoms with Crippen LogP contribution in [-0.2, 0) is 0 Å². The van der Waals surface area contributed by atoms with E-state index in [2.05, 4.69) is 53.5 Å². The normalized spacial score (nSPS) is 12.4. The first kappa shape index (κ1) is 15.6. The molecule has 2 aromatic carbocycles. The van der Waals surface area contributed by atoms with Gasteiger partial charge in [0.15, 0.2) is 0 Å². The van der Waals surface area contributed by atoms with Crippen LogP contribution in [0.5, 0.6) is 0 Å². The van der Waals surface area contributed by atoms with Crippen LogP contribution in [0.15, 0.2) is 70.1 Å². The van der Waals surface area contributed by atoms with Crippen molar-refractivity contribution in [3.63, 3.8) is 0 Å². The molecule has 0 bridgehead atoms. The second-order valence-corrected chi connectivity index (χ2v) is 9.21. The number of hydrogen-bond acceptors (Lipinski definition) is 1. The van der Waals surface area contributed by atoms with Gasteiger partial charge in [0.05, 0.1) is 0 Å². The molecular formula is C17H18OSe2. The van der Waals surface area contributed by atoms with Crippen molar-refractivity contribution in [1.29, 1.82) is 0 Å². The number of rotatable bonds is 5. The van der Waals surface area contributed by atoms with Crippen LogP contribution >= 0.6 is 0 Å². The molecule has 2 aromatic rings. The summed E-state index contributed by atoms with van der Waals surface area (Å²) in [6.07, 6.45) is 0. The summed E-state index contributed by atoms with van der Waals surface area (Å²) in [5.74, 6) is 0. The van der Waals surface area contributed by atoms with Crippen molar-refractivity contribution in [3.05, 3.63) is 70.1 Å². The van der Waals surface area contributed by atoms with Crippen molar-refractivity contribution in [1.82, 2.24) is 0 Å². The van der Waals surface area contributed by atoms with Gasteiger partial charge in [0.2, 0.25) is 0 Å². The third-order valence-corrected chi connectivity index (χ3v) is 8.08. The predicted octanol–water partition coefficient (Wildman–Crippen LogP) is 1.66. The van der Waals surface area contributed by atoms with E-state index in [4.69, 9.17) is 0 Å². The molecule has 1 nitrogen and oxygen atoms in total. The topological polar surface area (TPSA) is 20.2 Å². The van der Waals surface area contributed by atoms with Gasteiger partial charge >= 0.3 is 134 Å². The summed E-state index contributed by atoms with van der Waals surface area (Å²) in [6.45, 7) is 3.76. The molecule has 2 rings (SSSR count). The monoisotopic (exact) mass is 398 g/mol. The first-order chi connectivity index (χ1) is 9.55. The molecule has 3 heteroatoms. The summed E-state index contributed by atoms with van der Waals surface area (Å²) in [6, 6.07) is 20.9. The molecule has 0 heterocycles.